The van der Waals surface area contributed by atoms with Crippen molar-refractivity contribution in [3.8, 4) is 5.75 Å². The third-order valence-electron chi connectivity index (χ3n) is 5.06. The van der Waals surface area contributed by atoms with Crippen molar-refractivity contribution >= 4 is 15.7 Å². The van der Waals surface area contributed by atoms with Crippen molar-refractivity contribution in [2.45, 2.75) is 23.8 Å². The highest BCUT2D eigenvalue weighted by atomic mass is 32.2. The first-order valence-corrected chi connectivity index (χ1v) is 9.89. The molecule has 7 nitrogen and oxygen atoms in total. The normalized spacial score (nSPS) is 27.7. The number of amides is 1. The van der Waals surface area contributed by atoms with E-state index in [2.05, 4.69) is 4.90 Å². The topological polar surface area (TPSA) is 91.2 Å². The van der Waals surface area contributed by atoms with E-state index in [1.807, 2.05) is 0 Å². The number of nitrogens with zero attached hydrogens (tertiary/aromatic N) is 1. The fourth-order valence-electron chi connectivity index (χ4n) is 3.66. The summed E-state index contributed by atoms with van der Waals surface area (Å²) in [5, 5.41) is 12.3. The summed E-state index contributed by atoms with van der Waals surface area (Å²) in [6, 6.07) is 3.75. The standard InChI is InChI=1S/C16H22N2O5S/c1-23-15-4-3-12(24(2,21)22)9-13(15)16(19)18(20)14-10-17-7-5-11(14)6-8-17/h3-4,9,11,14,18H,5-8,10H2,1-2H3. The van der Waals surface area contributed by atoms with E-state index in [0.717, 1.165) is 32.2 Å². The molecular weight excluding hydrogens is 332 g/mol. The van der Waals surface area contributed by atoms with E-state index in [0.29, 0.717) is 6.54 Å². The highest BCUT2D eigenvalue weighted by molar-refractivity contribution is 7.90. The van der Waals surface area contributed by atoms with Gasteiger partial charge in [-0.2, -0.15) is 0 Å². The molecule has 3 aliphatic rings. The van der Waals surface area contributed by atoms with Gasteiger partial charge in [-0.15, -0.1) is 0 Å². The molecular formula is C16H22N2O5S. The molecule has 1 aromatic rings. The highest BCUT2D eigenvalue weighted by Crippen LogP contribution is 2.27. The second-order valence-electron chi connectivity index (χ2n) is 6.57. The summed E-state index contributed by atoms with van der Waals surface area (Å²) in [7, 11) is -2.08. The van der Waals surface area contributed by atoms with Crippen LogP contribution in [0.3, 0.4) is 0 Å². The van der Waals surface area contributed by atoms with Crippen LogP contribution in [0.25, 0.3) is 0 Å². The van der Waals surface area contributed by atoms with Gasteiger partial charge in [0.1, 0.15) is 17.4 Å². The average molecular weight is 354 g/mol. The van der Waals surface area contributed by atoms with Crippen molar-refractivity contribution in [1.29, 1.82) is 0 Å². The van der Waals surface area contributed by atoms with Gasteiger partial charge in [0.05, 0.1) is 18.6 Å². The SMILES string of the molecule is COc1ccc(S(C)(=O)=O)cc1C(=O)[NH+]([O-])C1CN2CCC1CC2. The molecule has 132 valence electrons. The maximum absolute atomic E-state index is 12.7. The molecule has 3 heterocycles. The van der Waals surface area contributed by atoms with Crippen LogP contribution in [0, 0.1) is 11.1 Å². The first-order valence-electron chi connectivity index (χ1n) is 8.00. The van der Waals surface area contributed by atoms with Crippen LogP contribution in [0.4, 0.5) is 0 Å². The Labute approximate surface area is 141 Å². The molecule has 3 saturated heterocycles. The molecule has 2 bridgehead atoms. The number of ether oxygens (including phenoxy) is 1. The third-order valence-corrected chi connectivity index (χ3v) is 6.17. The van der Waals surface area contributed by atoms with Gasteiger partial charge in [-0.25, -0.2) is 13.2 Å². The van der Waals surface area contributed by atoms with Crippen LogP contribution >= 0.6 is 0 Å². The number of rotatable bonds is 4. The van der Waals surface area contributed by atoms with Crippen LogP contribution in [0.1, 0.15) is 23.2 Å². The maximum Gasteiger partial charge on any atom is 0.348 e. The molecule has 8 heteroatoms. The summed E-state index contributed by atoms with van der Waals surface area (Å²) >= 11 is 0. The number of piperidine rings is 3. The lowest BCUT2D eigenvalue weighted by molar-refractivity contribution is -0.796. The van der Waals surface area contributed by atoms with Gasteiger partial charge in [0, 0.05) is 12.2 Å². The zero-order chi connectivity index (χ0) is 17.5. The number of benzene rings is 1. The number of hydrogen-bond donors (Lipinski definition) is 1. The Kier molecular flexibility index (Phi) is 4.65. The van der Waals surface area contributed by atoms with Crippen molar-refractivity contribution in [3.63, 3.8) is 0 Å². The molecule has 0 spiro atoms. The quantitative estimate of drug-likeness (QED) is 0.748. The third kappa shape index (κ3) is 3.19. The first-order chi connectivity index (χ1) is 11.3. The van der Waals surface area contributed by atoms with Crippen molar-refractivity contribution in [1.82, 2.24) is 4.90 Å². The van der Waals surface area contributed by atoms with Gasteiger partial charge in [-0.3, -0.25) is 4.90 Å². The van der Waals surface area contributed by atoms with Crippen LogP contribution in [0.15, 0.2) is 23.1 Å². The summed E-state index contributed by atoms with van der Waals surface area (Å²) in [5.74, 6) is -0.186. The molecule has 4 rings (SSSR count). The Morgan fingerprint density at radius 2 is 2.00 bits per heavy atom. The molecule has 0 aliphatic carbocycles. The van der Waals surface area contributed by atoms with Crippen LogP contribution in [0.5, 0.6) is 5.75 Å². The number of fused-ring (bicyclic) bond motifs is 3. The van der Waals surface area contributed by atoms with Gasteiger partial charge in [0.2, 0.25) is 0 Å². The van der Waals surface area contributed by atoms with E-state index in [1.54, 1.807) is 0 Å². The van der Waals surface area contributed by atoms with Crippen molar-refractivity contribution in [3.05, 3.63) is 29.0 Å². The second kappa shape index (κ2) is 6.44. The van der Waals surface area contributed by atoms with Gasteiger partial charge < -0.3 is 15.0 Å². The Morgan fingerprint density at radius 3 is 2.50 bits per heavy atom. The number of nitrogens with one attached hydrogen (secondary N) is 1. The minimum atomic E-state index is -3.47. The summed E-state index contributed by atoms with van der Waals surface area (Å²) in [6.45, 7) is 2.58. The summed E-state index contributed by atoms with van der Waals surface area (Å²) in [6.07, 6.45) is 2.94. The van der Waals surface area contributed by atoms with Crippen molar-refractivity contribution < 1.29 is 23.0 Å². The molecule has 1 aromatic carbocycles. The number of hydroxylamine groups is 2. The van der Waals surface area contributed by atoms with Crippen LogP contribution in [0.2, 0.25) is 0 Å². The van der Waals surface area contributed by atoms with Crippen molar-refractivity contribution in [2.24, 2.45) is 5.92 Å². The van der Waals surface area contributed by atoms with Gasteiger partial charge in [-0.05, 0) is 44.1 Å². The molecule has 0 aromatic heterocycles. The zero-order valence-corrected chi connectivity index (χ0v) is 14.6. The average Bonchev–Trinajstić information content (AvgIpc) is 2.60. The molecule has 24 heavy (non-hydrogen) atoms. The molecule has 3 aliphatic heterocycles. The predicted octanol–water partition coefficient (Wildman–Crippen LogP) is -0.284. The molecule has 0 radical (unpaired) electrons. The Hall–Kier alpha value is -1.48. The molecule has 2 atom stereocenters. The number of sulfone groups is 1. The largest absolute Gasteiger partial charge is 0.626 e. The van der Waals surface area contributed by atoms with E-state index in [4.69, 9.17) is 4.74 Å². The lowest BCUT2D eigenvalue weighted by Crippen LogP contribution is -3.16. The lowest BCUT2D eigenvalue weighted by Gasteiger charge is -2.47. The highest BCUT2D eigenvalue weighted by Gasteiger charge is 2.40. The molecule has 3 fully saturated rings. The molecule has 1 N–H and O–H groups in total. The second-order valence-corrected chi connectivity index (χ2v) is 8.59. The first kappa shape index (κ1) is 17.3. The number of hydrogen-bond acceptors (Lipinski definition) is 6. The van der Waals surface area contributed by atoms with Gasteiger partial charge in [0.15, 0.2) is 9.84 Å². The van der Waals surface area contributed by atoms with Crippen LogP contribution in [-0.2, 0) is 9.84 Å². The summed E-state index contributed by atoms with van der Waals surface area (Å²) in [5.41, 5.74) is 0.0295. The molecule has 0 saturated carbocycles. The lowest BCUT2D eigenvalue weighted by atomic mass is 9.83. The minimum absolute atomic E-state index is 0.00775. The van der Waals surface area contributed by atoms with Crippen molar-refractivity contribution in [2.75, 3.05) is 33.0 Å². The van der Waals surface area contributed by atoms with E-state index >= 15 is 0 Å². The van der Waals surface area contributed by atoms with Gasteiger partial charge in [-0.1, -0.05) is 0 Å². The predicted molar refractivity (Wildman–Crippen MR) is 87.7 cm³/mol. The van der Waals surface area contributed by atoms with Crippen LogP contribution in [-0.4, -0.2) is 58.3 Å². The Bertz CT molecular complexity index is 741. The Balaban J connectivity index is 1.91. The fourth-order valence-corrected chi connectivity index (χ4v) is 4.31. The van der Waals surface area contributed by atoms with Gasteiger partial charge in [0.25, 0.3) is 0 Å². The number of carbonyl (C=O) groups is 1. The zero-order valence-electron chi connectivity index (χ0n) is 13.8. The van der Waals surface area contributed by atoms with Gasteiger partial charge >= 0.3 is 5.91 Å². The molecule has 2 unspecified atom stereocenters. The van der Waals surface area contributed by atoms with E-state index < -0.39 is 20.8 Å². The maximum atomic E-state index is 12.7. The van der Waals surface area contributed by atoms with E-state index in [9.17, 15) is 18.4 Å². The fraction of sp³-hybridized carbons (Fsp3) is 0.562. The summed E-state index contributed by atoms with van der Waals surface area (Å²) < 4.78 is 28.6. The van der Waals surface area contributed by atoms with E-state index in [1.165, 1.54) is 25.3 Å². The Morgan fingerprint density at radius 1 is 1.33 bits per heavy atom. The smallest absolute Gasteiger partial charge is 0.348 e. The molecule has 1 amide bonds. The monoisotopic (exact) mass is 354 g/mol. The minimum Gasteiger partial charge on any atom is -0.626 e. The number of quaternary nitrogens is 1. The number of carbonyl (C=O) groups excluding carboxylic acids is 1. The summed E-state index contributed by atoms with van der Waals surface area (Å²) in [4.78, 5) is 15.0. The van der Waals surface area contributed by atoms with E-state index in [-0.39, 0.29) is 28.2 Å². The van der Waals surface area contributed by atoms with Crippen LogP contribution < -0.4 is 9.80 Å². The number of methoxy groups -OCH3 is 1.